The van der Waals surface area contributed by atoms with Crippen LogP contribution in [0.1, 0.15) is 22.3 Å². The zero-order chi connectivity index (χ0) is 37.1. The average molecular weight is 731 g/mol. The minimum atomic E-state index is -0.380. The van der Waals surface area contributed by atoms with Crippen LogP contribution in [0, 0.1) is 0 Å². The zero-order valence-corrected chi connectivity index (χ0v) is 31.2. The van der Waals surface area contributed by atoms with Crippen LogP contribution in [0.4, 0.5) is 0 Å². The first-order chi connectivity index (χ1) is 27.7. The standard InChI is InChI=1S/C53H34N2S/c1-3-14-35(15-4-1)36-26-28-37(29-27-36)48-34-49(55-52(54-48)38-16-5-2-6-17-38)41-19-13-18-39(32-41)40-30-31-47-51(33-40)56-50-25-12-11-24-46(50)53(47)44-22-9-7-20-42(44)43-21-8-10-23-45(43)53/h1-34H. The second kappa shape index (κ2) is 13.2. The maximum Gasteiger partial charge on any atom is 0.160 e. The Morgan fingerprint density at radius 3 is 1.50 bits per heavy atom. The summed E-state index contributed by atoms with van der Waals surface area (Å²) < 4.78 is 0. The molecule has 0 amide bonds. The number of hydrogen-bond donors (Lipinski definition) is 0. The van der Waals surface area contributed by atoms with Crippen LogP contribution >= 0.6 is 11.8 Å². The molecule has 0 N–H and O–H groups in total. The Morgan fingerprint density at radius 1 is 0.304 bits per heavy atom. The SMILES string of the molecule is c1ccc(-c2ccc(-c3cc(-c4cccc(-c5ccc6c(c5)Sc5ccccc5C65c6ccccc6-c6ccccc65)c4)nc(-c4ccccc4)n3)cc2)cc1. The van der Waals surface area contributed by atoms with Gasteiger partial charge in [-0.15, -0.1) is 0 Å². The van der Waals surface area contributed by atoms with E-state index < -0.39 is 0 Å². The van der Waals surface area contributed by atoms with Gasteiger partial charge in [0, 0.05) is 26.5 Å². The summed E-state index contributed by atoms with van der Waals surface area (Å²) in [5.41, 5.74) is 17.2. The van der Waals surface area contributed by atoms with Gasteiger partial charge in [0.15, 0.2) is 5.82 Å². The van der Waals surface area contributed by atoms with Crippen molar-refractivity contribution in [2.45, 2.75) is 15.2 Å². The lowest BCUT2D eigenvalue weighted by molar-refractivity contribution is 0.722. The Bertz CT molecular complexity index is 2890. The van der Waals surface area contributed by atoms with Gasteiger partial charge in [0.1, 0.15) is 0 Å². The van der Waals surface area contributed by atoms with Gasteiger partial charge >= 0.3 is 0 Å². The van der Waals surface area contributed by atoms with Crippen LogP contribution in [-0.4, -0.2) is 9.97 Å². The molecular weight excluding hydrogens is 697 g/mol. The number of rotatable bonds is 5. The molecule has 0 fully saturated rings. The minimum absolute atomic E-state index is 0.380. The van der Waals surface area contributed by atoms with Crippen molar-refractivity contribution in [1.82, 2.24) is 9.97 Å². The zero-order valence-electron chi connectivity index (χ0n) is 30.4. The van der Waals surface area contributed by atoms with Gasteiger partial charge in [-0.05, 0) is 79.9 Å². The third kappa shape index (κ3) is 5.20. The van der Waals surface area contributed by atoms with E-state index in [9.17, 15) is 0 Å². The summed E-state index contributed by atoms with van der Waals surface area (Å²) in [5, 5.41) is 0. The summed E-state index contributed by atoms with van der Waals surface area (Å²) in [6.45, 7) is 0. The number of nitrogens with zero attached hydrogens (tertiary/aromatic N) is 2. The van der Waals surface area contributed by atoms with Crippen molar-refractivity contribution >= 4 is 11.8 Å². The molecule has 2 heterocycles. The number of aromatic nitrogens is 2. The molecule has 8 aromatic carbocycles. The molecule has 1 spiro atoms. The van der Waals surface area contributed by atoms with Gasteiger partial charge < -0.3 is 0 Å². The molecule has 0 bridgehead atoms. The molecule has 9 aromatic rings. The lowest BCUT2D eigenvalue weighted by Crippen LogP contribution is -2.31. The number of benzene rings is 8. The highest BCUT2D eigenvalue weighted by Crippen LogP contribution is 2.62. The first-order valence-electron chi connectivity index (χ1n) is 19.1. The van der Waals surface area contributed by atoms with Gasteiger partial charge in [0.05, 0.1) is 16.8 Å². The molecule has 3 heteroatoms. The van der Waals surface area contributed by atoms with Crippen LogP contribution in [0.3, 0.4) is 0 Å². The van der Waals surface area contributed by atoms with Gasteiger partial charge in [-0.3, -0.25) is 0 Å². The summed E-state index contributed by atoms with van der Waals surface area (Å²) >= 11 is 1.88. The topological polar surface area (TPSA) is 25.8 Å². The maximum atomic E-state index is 5.17. The number of hydrogen-bond acceptors (Lipinski definition) is 3. The van der Waals surface area contributed by atoms with Crippen LogP contribution < -0.4 is 0 Å². The van der Waals surface area contributed by atoms with E-state index in [1.54, 1.807) is 0 Å². The first-order valence-corrected chi connectivity index (χ1v) is 19.9. The second-order valence-corrected chi connectivity index (χ2v) is 15.6. The Morgan fingerprint density at radius 2 is 0.786 bits per heavy atom. The van der Waals surface area contributed by atoms with Crippen molar-refractivity contribution in [3.8, 4) is 67.3 Å². The van der Waals surface area contributed by atoms with Crippen LogP contribution in [0.5, 0.6) is 0 Å². The summed E-state index contributed by atoms with van der Waals surface area (Å²) in [5.74, 6) is 0.710. The molecule has 2 nitrogen and oxygen atoms in total. The molecule has 0 radical (unpaired) electrons. The second-order valence-electron chi connectivity index (χ2n) is 14.5. The van der Waals surface area contributed by atoms with Gasteiger partial charge in [-0.1, -0.05) is 194 Å². The monoisotopic (exact) mass is 730 g/mol. The van der Waals surface area contributed by atoms with E-state index >= 15 is 0 Å². The molecule has 1 aromatic heterocycles. The molecule has 262 valence electrons. The van der Waals surface area contributed by atoms with E-state index in [2.05, 4.69) is 182 Å². The highest BCUT2D eigenvalue weighted by atomic mass is 32.2. The van der Waals surface area contributed by atoms with Crippen LogP contribution in [-0.2, 0) is 5.41 Å². The molecule has 0 saturated heterocycles. The highest BCUT2D eigenvalue weighted by molar-refractivity contribution is 7.99. The third-order valence-corrected chi connectivity index (χ3v) is 12.5. The summed E-state index contributed by atoms with van der Waals surface area (Å²) in [6.07, 6.45) is 0. The Labute approximate surface area is 331 Å². The Hall–Kier alpha value is -6.81. The lowest BCUT2D eigenvalue weighted by atomic mass is 9.67. The summed E-state index contributed by atoms with van der Waals surface area (Å²) in [6, 6.07) is 74.4. The fourth-order valence-corrected chi connectivity index (χ4v) is 10.1. The van der Waals surface area contributed by atoms with E-state index in [0.717, 1.165) is 33.6 Å². The van der Waals surface area contributed by atoms with Gasteiger partial charge in [0.2, 0.25) is 0 Å². The Balaban J connectivity index is 1.02. The van der Waals surface area contributed by atoms with E-state index in [1.807, 2.05) is 36.0 Å². The van der Waals surface area contributed by atoms with E-state index in [-0.39, 0.29) is 5.41 Å². The van der Waals surface area contributed by atoms with Crippen molar-refractivity contribution in [2.24, 2.45) is 0 Å². The minimum Gasteiger partial charge on any atom is -0.228 e. The average Bonchev–Trinajstić information content (AvgIpc) is 3.57. The van der Waals surface area contributed by atoms with Crippen molar-refractivity contribution in [2.75, 3.05) is 0 Å². The van der Waals surface area contributed by atoms with Crippen LogP contribution in [0.25, 0.3) is 67.3 Å². The van der Waals surface area contributed by atoms with Crippen molar-refractivity contribution in [1.29, 1.82) is 0 Å². The summed E-state index contributed by atoms with van der Waals surface area (Å²) in [7, 11) is 0. The molecule has 1 aliphatic carbocycles. The number of fused-ring (bicyclic) bond motifs is 9. The molecule has 56 heavy (non-hydrogen) atoms. The van der Waals surface area contributed by atoms with Crippen LogP contribution in [0.15, 0.2) is 216 Å². The Kier molecular flexibility index (Phi) is 7.68. The van der Waals surface area contributed by atoms with Crippen LogP contribution in [0.2, 0.25) is 0 Å². The molecule has 2 aliphatic rings. The van der Waals surface area contributed by atoms with Gasteiger partial charge in [-0.25, -0.2) is 9.97 Å². The molecule has 1 aliphatic heterocycles. The van der Waals surface area contributed by atoms with Gasteiger partial charge in [-0.2, -0.15) is 0 Å². The van der Waals surface area contributed by atoms with Gasteiger partial charge in [0.25, 0.3) is 0 Å². The lowest BCUT2D eigenvalue weighted by Gasteiger charge is -2.39. The predicted molar refractivity (Wildman–Crippen MR) is 231 cm³/mol. The smallest absolute Gasteiger partial charge is 0.160 e. The fourth-order valence-electron chi connectivity index (χ4n) is 8.82. The van der Waals surface area contributed by atoms with E-state index in [0.29, 0.717) is 5.82 Å². The fraction of sp³-hybridized carbons (Fsp3) is 0.0189. The van der Waals surface area contributed by atoms with E-state index in [1.165, 1.54) is 59.9 Å². The molecule has 0 unspecified atom stereocenters. The summed E-state index contributed by atoms with van der Waals surface area (Å²) in [4.78, 5) is 12.9. The molecule has 0 saturated carbocycles. The predicted octanol–water partition coefficient (Wildman–Crippen LogP) is 13.6. The maximum absolute atomic E-state index is 5.17. The third-order valence-electron chi connectivity index (χ3n) is 11.4. The molecule has 11 rings (SSSR count). The largest absolute Gasteiger partial charge is 0.228 e. The first kappa shape index (κ1) is 32.6. The normalized spacial score (nSPS) is 13.1. The molecule has 0 atom stereocenters. The van der Waals surface area contributed by atoms with Crippen molar-refractivity contribution < 1.29 is 0 Å². The quantitative estimate of drug-likeness (QED) is 0.176. The van der Waals surface area contributed by atoms with E-state index in [4.69, 9.17) is 9.97 Å². The van der Waals surface area contributed by atoms with Crippen molar-refractivity contribution in [3.63, 3.8) is 0 Å². The molecular formula is C53H34N2S. The van der Waals surface area contributed by atoms with Crippen molar-refractivity contribution in [3.05, 3.63) is 229 Å². The highest BCUT2D eigenvalue weighted by Gasteiger charge is 2.50.